The van der Waals surface area contributed by atoms with Crippen LogP contribution in [0.15, 0.2) is 24.3 Å². The van der Waals surface area contributed by atoms with Crippen LogP contribution in [0.3, 0.4) is 0 Å². The molecule has 2 amide bonds. The lowest BCUT2D eigenvalue weighted by Gasteiger charge is -2.16. The number of nitrogens with one attached hydrogen (secondary N) is 2. The smallest absolute Gasteiger partial charge is 0.245 e. The van der Waals surface area contributed by atoms with Gasteiger partial charge in [-0.05, 0) is 12.5 Å². The summed E-state index contributed by atoms with van der Waals surface area (Å²) in [6.45, 7) is 3.96. The third kappa shape index (κ3) is 5.52. The van der Waals surface area contributed by atoms with Crippen molar-refractivity contribution in [3.63, 3.8) is 0 Å². The van der Waals surface area contributed by atoms with Crippen LogP contribution in [0, 0.1) is 6.92 Å². The largest absolute Gasteiger partial charge is 0.382 e. The second-order valence-corrected chi connectivity index (χ2v) is 4.41. The molecule has 1 rings (SSSR count). The van der Waals surface area contributed by atoms with Gasteiger partial charge in [-0.3, -0.25) is 9.59 Å². The Kier molecular flexibility index (Phi) is 6.02. The van der Waals surface area contributed by atoms with Crippen LogP contribution in [0.5, 0.6) is 0 Å². The van der Waals surface area contributed by atoms with E-state index in [0.717, 1.165) is 5.56 Å². The number of benzene rings is 1. The lowest BCUT2D eigenvalue weighted by molar-refractivity contribution is -0.129. The fourth-order valence-corrected chi connectivity index (χ4v) is 1.61. The van der Waals surface area contributed by atoms with E-state index < -0.39 is 6.04 Å². The Balaban J connectivity index is 2.51. The monoisotopic (exact) mass is 264 g/mol. The zero-order valence-corrected chi connectivity index (χ0v) is 11.5. The number of rotatable bonds is 6. The van der Waals surface area contributed by atoms with E-state index in [9.17, 15) is 9.59 Å². The summed E-state index contributed by atoms with van der Waals surface area (Å²) in [6, 6.07) is 7.23. The van der Waals surface area contributed by atoms with E-state index in [0.29, 0.717) is 6.54 Å². The maximum atomic E-state index is 11.9. The Morgan fingerprint density at radius 2 is 1.89 bits per heavy atom. The molecule has 0 aliphatic rings. The Bertz CT molecular complexity index is 429. The molecule has 0 unspecified atom stereocenters. The predicted molar refractivity (Wildman–Crippen MR) is 72.5 cm³/mol. The van der Waals surface area contributed by atoms with Crippen molar-refractivity contribution < 1.29 is 14.3 Å². The number of methoxy groups -OCH3 is 1. The lowest BCUT2D eigenvalue weighted by atomic mass is 10.1. The number of aryl methyl sites for hydroxylation is 1. The van der Waals surface area contributed by atoms with Crippen molar-refractivity contribution in [1.82, 2.24) is 10.6 Å². The number of carbonyl (C=O) groups excluding carboxylic acids is 2. The lowest BCUT2D eigenvalue weighted by Crippen LogP contribution is -2.48. The van der Waals surface area contributed by atoms with Gasteiger partial charge in [0.15, 0.2) is 0 Å². The Morgan fingerprint density at radius 3 is 2.42 bits per heavy atom. The molecule has 2 N–H and O–H groups in total. The first-order valence-electron chi connectivity index (χ1n) is 6.12. The molecule has 0 fully saturated rings. The van der Waals surface area contributed by atoms with Gasteiger partial charge in [-0.25, -0.2) is 0 Å². The first kappa shape index (κ1) is 15.2. The zero-order valence-electron chi connectivity index (χ0n) is 11.5. The van der Waals surface area contributed by atoms with Crippen LogP contribution in [-0.2, 0) is 20.9 Å². The third-order valence-electron chi connectivity index (χ3n) is 2.61. The van der Waals surface area contributed by atoms with Gasteiger partial charge in [-0.1, -0.05) is 29.8 Å². The van der Waals surface area contributed by atoms with Crippen LogP contribution >= 0.6 is 0 Å². The Labute approximate surface area is 113 Å². The summed E-state index contributed by atoms with van der Waals surface area (Å²) >= 11 is 0. The van der Waals surface area contributed by atoms with Crippen LogP contribution in [0.25, 0.3) is 0 Å². The number of hydrogen-bond donors (Lipinski definition) is 2. The SMILES string of the molecule is COC[C@@H](NC(C)=O)C(=O)NCc1ccc(C)cc1. The van der Waals surface area contributed by atoms with Crippen molar-refractivity contribution in [2.24, 2.45) is 0 Å². The Morgan fingerprint density at radius 1 is 1.26 bits per heavy atom. The van der Waals surface area contributed by atoms with Gasteiger partial charge in [-0.2, -0.15) is 0 Å². The van der Waals surface area contributed by atoms with Crippen LogP contribution in [0.1, 0.15) is 18.1 Å². The van der Waals surface area contributed by atoms with Crippen LogP contribution in [0.4, 0.5) is 0 Å². The van der Waals surface area contributed by atoms with Gasteiger partial charge >= 0.3 is 0 Å². The number of ether oxygens (including phenoxy) is 1. The highest BCUT2D eigenvalue weighted by Crippen LogP contribution is 2.02. The van der Waals surface area contributed by atoms with Crippen molar-refractivity contribution in [3.8, 4) is 0 Å². The second kappa shape index (κ2) is 7.53. The Hall–Kier alpha value is -1.88. The first-order chi connectivity index (χ1) is 9.02. The quantitative estimate of drug-likeness (QED) is 0.797. The summed E-state index contributed by atoms with van der Waals surface area (Å²) in [7, 11) is 1.49. The van der Waals surface area contributed by atoms with Gasteiger partial charge in [0.2, 0.25) is 11.8 Å². The summed E-state index contributed by atoms with van der Waals surface area (Å²) in [4.78, 5) is 22.9. The van der Waals surface area contributed by atoms with Crippen molar-refractivity contribution in [2.45, 2.75) is 26.4 Å². The number of amides is 2. The van der Waals surface area contributed by atoms with Gasteiger partial charge in [0, 0.05) is 20.6 Å². The van der Waals surface area contributed by atoms with Gasteiger partial charge in [0.25, 0.3) is 0 Å². The molecule has 1 aromatic rings. The van der Waals surface area contributed by atoms with E-state index in [1.54, 1.807) is 0 Å². The average Bonchev–Trinajstić information content (AvgIpc) is 2.37. The maximum absolute atomic E-state index is 11.9. The van der Waals surface area contributed by atoms with E-state index >= 15 is 0 Å². The van der Waals surface area contributed by atoms with E-state index in [-0.39, 0.29) is 18.4 Å². The number of hydrogen-bond acceptors (Lipinski definition) is 3. The van der Waals surface area contributed by atoms with Gasteiger partial charge < -0.3 is 15.4 Å². The van der Waals surface area contributed by atoms with Crippen LogP contribution in [0.2, 0.25) is 0 Å². The average molecular weight is 264 g/mol. The molecule has 19 heavy (non-hydrogen) atoms. The molecule has 0 spiro atoms. The van der Waals surface area contributed by atoms with Crippen molar-refractivity contribution in [1.29, 1.82) is 0 Å². The topological polar surface area (TPSA) is 67.4 Å². The molecule has 104 valence electrons. The molecule has 1 aromatic carbocycles. The molecule has 0 saturated carbocycles. The predicted octanol–water partition coefficient (Wildman–Crippen LogP) is 0.762. The molecule has 5 nitrogen and oxygen atoms in total. The minimum atomic E-state index is -0.659. The summed E-state index contributed by atoms with van der Waals surface area (Å²) in [6.07, 6.45) is 0. The van der Waals surface area contributed by atoms with E-state index in [1.807, 2.05) is 31.2 Å². The van der Waals surface area contributed by atoms with Crippen molar-refractivity contribution in [2.75, 3.05) is 13.7 Å². The molecule has 0 bridgehead atoms. The van der Waals surface area contributed by atoms with E-state index in [1.165, 1.54) is 19.6 Å². The highest BCUT2D eigenvalue weighted by molar-refractivity contribution is 5.86. The zero-order chi connectivity index (χ0) is 14.3. The highest BCUT2D eigenvalue weighted by Gasteiger charge is 2.18. The molecular formula is C14H20N2O3. The molecule has 0 aliphatic carbocycles. The summed E-state index contributed by atoms with van der Waals surface area (Å²) in [5.41, 5.74) is 2.18. The van der Waals surface area contributed by atoms with Gasteiger partial charge in [0.1, 0.15) is 6.04 Å². The molecule has 1 atom stereocenters. The minimum Gasteiger partial charge on any atom is -0.382 e. The van der Waals surface area contributed by atoms with Gasteiger partial charge in [0.05, 0.1) is 6.61 Å². The minimum absolute atomic E-state index is 0.152. The normalized spacial score (nSPS) is 11.7. The molecule has 0 heterocycles. The fourth-order valence-electron chi connectivity index (χ4n) is 1.61. The summed E-state index contributed by atoms with van der Waals surface area (Å²) in [5.74, 6) is -0.509. The van der Waals surface area contributed by atoms with Crippen LogP contribution < -0.4 is 10.6 Å². The molecule has 0 radical (unpaired) electrons. The highest BCUT2D eigenvalue weighted by atomic mass is 16.5. The van der Waals surface area contributed by atoms with E-state index in [4.69, 9.17) is 4.74 Å². The van der Waals surface area contributed by atoms with Crippen LogP contribution in [-0.4, -0.2) is 31.6 Å². The number of carbonyl (C=O) groups is 2. The fraction of sp³-hybridized carbons (Fsp3) is 0.429. The molecule has 0 aromatic heterocycles. The molecule has 0 aliphatic heterocycles. The molecular weight excluding hydrogens is 244 g/mol. The van der Waals surface area contributed by atoms with Crippen molar-refractivity contribution >= 4 is 11.8 Å². The molecule has 0 saturated heterocycles. The van der Waals surface area contributed by atoms with E-state index in [2.05, 4.69) is 10.6 Å². The first-order valence-corrected chi connectivity index (χ1v) is 6.12. The summed E-state index contributed by atoms with van der Waals surface area (Å²) in [5, 5.41) is 5.32. The molecule has 5 heteroatoms. The summed E-state index contributed by atoms with van der Waals surface area (Å²) < 4.78 is 4.92. The standard InChI is InChI=1S/C14H20N2O3/c1-10-4-6-12(7-5-10)8-15-14(18)13(9-19-3)16-11(2)17/h4-7,13H,8-9H2,1-3H3,(H,15,18)(H,16,17)/t13-/m1/s1. The van der Waals surface area contributed by atoms with Crippen molar-refractivity contribution in [3.05, 3.63) is 35.4 Å². The second-order valence-electron chi connectivity index (χ2n) is 4.41. The third-order valence-corrected chi connectivity index (χ3v) is 2.61. The maximum Gasteiger partial charge on any atom is 0.245 e. The van der Waals surface area contributed by atoms with Gasteiger partial charge in [-0.15, -0.1) is 0 Å².